The summed E-state index contributed by atoms with van der Waals surface area (Å²) in [6, 6.07) is 0. The Bertz CT molecular complexity index is 8.00. The first-order valence-electron chi connectivity index (χ1n) is 0. The molecule has 6 radical (unpaired) electrons. The third-order valence-corrected chi connectivity index (χ3v) is 0. The molecule has 0 amide bonds. The van der Waals surface area contributed by atoms with Crippen molar-refractivity contribution in [2.24, 2.45) is 0 Å². The van der Waals surface area contributed by atoms with Gasteiger partial charge in [0.15, 0.2) is 0 Å². The molecule has 0 rings (SSSR count). The number of hydrogen-bond acceptors (Lipinski definition) is 0. The van der Waals surface area contributed by atoms with Crippen molar-refractivity contribution in [3.8, 4) is 0 Å². The van der Waals surface area contributed by atoms with Gasteiger partial charge in [0.1, 0.15) is 0 Å². The van der Waals surface area contributed by atoms with Gasteiger partial charge in [0.05, 0.1) is 0 Å². The molecule has 0 aromatic rings. The van der Waals surface area contributed by atoms with E-state index in [0.29, 0.717) is 0 Å². The van der Waals surface area contributed by atoms with Gasteiger partial charge in [-0.15, -0.1) is 0 Å². The van der Waals surface area contributed by atoms with Crippen LogP contribution in [0.15, 0.2) is 0 Å². The van der Waals surface area contributed by atoms with Crippen LogP contribution in [0.2, 0.25) is 0 Å². The molecule has 0 aliphatic rings. The van der Waals surface area contributed by atoms with Gasteiger partial charge in [-0.25, -0.2) is 0 Å². The van der Waals surface area contributed by atoms with Crippen molar-refractivity contribution < 1.29 is 41.9 Å². The number of rotatable bonds is 0. The molecule has 0 N–H and O–H groups in total. The predicted octanol–water partition coefficient (Wildman–Crippen LogP) is -0.767. The Morgan fingerprint density at radius 3 is 1.00 bits per heavy atom. The SMILES string of the molecule is [Ag].[In].[Se].[Zn]. The summed E-state index contributed by atoms with van der Waals surface area (Å²) < 4.78 is 0. The molecule has 4 heteroatoms. The standard InChI is InChI=1S/Ag.In.Se.Zn. The van der Waals surface area contributed by atoms with Gasteiger partial charge in [-0.2, -0.15) is 0 Å². The van der Waals surface area contributed by atoms with E-state index in [4.69, 9.17) is 0 Å². The molecule has 0 fully saturated rings. The molecule has 0 saturated carbocycles. The van der Waals surface area contributed by atoms with Crippen LogP contribution in [0.5, 0.6) is 0 Å². The summed E-state index contributed by atoms with van der Waals surface area (Å²) >= 11 is 0. The van der Waals surface area contributed by atoms with Crippen LogP contribution in [0.4, 0.5) is 0 Å². The van der Waals surface area contributed by atoms with E-state index in [2.05, 4.69) is 0 Å². The van der Waals surface area contributed by atoms with E-state index < -0.39 is 0 Å². The van der Waals surface area contributed by atoms with Crippen LogP contribution in [0, 0.1) is 0 Å². The average Bonchev–Trinajstić information content (AvgIpc) is 0. The first-order chi connectivity index (χ1) is 0. The summed E-state index contributed by atoms with van der Waals surface area (Å²) in [6.45, 7) is 0. The van der Waals surface area contributed by atoms with E-state index in [-0.39, 0.29) is 84.8 Å². The van der Waals surface area contributed by atoms with Crippen LogP contribution in [0.1, 0.15) is 0 Å². The molecule has 0 heterocycles. The van der Waals surface area contributed by atoms with E-state index in [1.807, 2.05) is 0 Å². The number of hydrogen-bond donors (Lipinski definition) is 0. The molecule has 0 aromatic carbocycles. The van der Waals surface area contributed by atoms with Gasteiger partial charge in [0, 0.05) is 84.8 Å². The molecule has 0 aromatic heterocycles. The molecule has 0 aliphatic carbocycles. The van der Waals surface area contributed by atoms with Gasteiger partial charge in [0.25, 0.3) is 0 Å². The summed E-state index contributed by atoms with van der Waals surface area (Å²) in [6.07, 6.45) is 0. The fraction of sp³-hybridized carbons (Fsp3) is 0. The first kappa shape index (κ1) is 29.5. The molecule has 22 valence electrons. The van der Waals surface area contributed by atoms with Gasteiger partial charge >= 0.3 is 0 Å². The van der Waals surface area contributed by atoms with E-state index in [0.717, 1.165) is 0 Å². The summed E-state index contributed by atoms with van der Waals surface area (Å²) in [5, 5.41) is 0. The molecule has 0 atom stereocenters. The quantitative estimate of drug-likeness (QED) is 0.494. The summed E-state index contributed by atoms with van der Waals surface area (Å²) in [7, 11) is 0. The van der Waals surface area contributed by atoms with Gasteiger partial charge in [0.2, 0.25) is 0 Å². The average molecular weight is 367 g/mol. The van der Waals surface area contributed by atoms with Crippen molar-refractivity contribution in [1.29, 1.82) is 0 Å². The largest absolute Gasteiger partial charge is 0 e. The molecule has 0 nitrogen and oxygen atoms in total. The van der Waals surface area contributed by atoms with Crippen LogP contribution in [0.3, 0.4) is 0 Å². The van der Waals surface area contributed by atoms with Gasteiger partial charge in [-0.3, -0.25) is 0 Å². The minimum absolute atomic E-state index is 0. The molecule has 0 bridgehead atoms. The maximum Gasteiger partial charge on any atom is 0 e. The second-order valence-electron chi connectivity index (χ2n) is 0. The van der Waals surface area contributed by atoms with Crippen molar-refractivity contribution in [3.63, 3.8) is 0 Å². The Hall–Kier alpha value is 2.75. The Morgan fingerprint density at radius 2 is 1.00 bits per heavy atom. The second kappa shape index (κ2) is 17.1. The predicted molar refractivity (Wildman–Crippen MR) is 11.5 cm³/mol. The van der Waals surface area contributed by atoms with E-state index in [1.165, 1.54) is 0 Å². The van der Waals surface area contributed by atoms with Crippen LogP contribution in [-0.2, 0) is 41.9 Å². The second-order valence-corrected chi connectivity index (χ2v) is 0. The fourth-order valence-electron chi connectivity index (χ4n) is 0. The molecule has 0 spiro atoms. The van der Waals surface area contributed by atoms with E-state index in [9.17, 15) is 0 Å². The van der Waals surface area contributed by atoms with Crippen molar-refractivity contribution >= 4 is 42.9 Å². The summed E-state index contributed by atoms with van der Waals surface area (Å²) in [5.41, 5.74) is 0. The molecular weight excluding hydrogens is 367 g/mol. The smallest absolute Gasteiger partial charge is 0 e. The summed E-state index contributed by atoms with van der Waals surface area (Å²) in [4.78, 5) is 0. The normalized spacial score (nSPS) is 0. The van der Waals surface area contributed by atoms with Crippen LogP contribution < -0.4 is 0 Å². The summed E-state index contributed by atoms with van der Waals surface area (Å²) in [5.74, 6) is 0. The topological polar surface area (TPSA) is 0 Å². The molecule has 0 aliphatic heterocycles. The van der Waals surface area contributed by atoms with Crippen molar-refractivity contribution in [2.75, 3.05) is 0 Å². The zero-order valence-corrected chi connectivity index (χ0v) is 11.5. The molecular formula is AgInSeZn. The van der Waals surface area contributed by atoms with Gasteiger partial charge < -0.3 is 0 Å². The Morgan fingerprint density at radius 1 is 1.00 bits per heavy atom. The van der Waals surface area contributed by atoms with E-state index >= 15 is 0 Å². The van der Waals surface area contributed by atoms with Crippen LogP contribution in [-0.4, -0.2) is 42.9 Å². The molecule has 0 unspecified atom stereocenters. The fourth-order valence-corrected chi connectivity index (χ4v) is 0. The van der Waals surface area contributed by atoms with Crippen molar-refractivity contribution in [3.05, 3.63) is 0 Å². The minimum atomic E-state index is 0. The molecule has 4 heavy (non-hydrogen) atoms. The third kappa shape index (κ3) is 8.83. The van der Waals surface area contributed by atoms with Gasteiger partial charge in [-0.05, 0) is 0 Å². The third-order valence-electron chi connectivity index (χ3n) is 0. The Kier molecular flexibility index (Phi) is 126. The molecule has 0 saturated heterocycles. The Balaban J connectivity index is 0. The maximum atomic E-state index is 0. The van der Waals surface area contributed by atoms with Crippen molar-refractivity contribution in [2.45, 2.75) is 0 Å². The van der Waals surface area contributed by atoms with Crippen molar-refractivity contribution in [1.82, 2.24) is 0 Å². The Labute approximate surface area is 83.4 Å². The zero-order chi connectivity index (χ0) is 0. The zero-order valence-electron chi connectivity index (χ0n) is 1.99. The maximum absolute atomic E-state index is 0. The van der Waals surface area contributed by atoms with Gasteiger partial charge in [-0.1, -0.05) is 0 Å². The first-order valence-corrected chi connectivity index (χ1v) is 0. The monoisotopic (exact) mass is 366 g/mol. The minimum Gasteiger partial charge on any atom is 0 e. The van der Waals surface area contributed by atoms with E-state index in [1.54, 1.807) is 0 Å². The van der Waals surface area contributed by atoms with Crippen LogP contribution in [0.25, 0.3) is 0 Å². The van der Waals surface area contributed by atoms with Crippen LogP contribution >= 0.6 is 0 Å².